The second-order valence-corrected chi connectivity index (χ2v) is 3.38. The van der Waals surface area contributed by atoms with E-state index in [1.54, 1.807) is 6.92 Å². The summed E-state index contributed by atoms with van der Waals surface area (Å²) in [5.41, 5.74) is 6.05. The zero-order valence-corrected chi connectivity index (χ0v) is 8.95. The van der Waals surface area contributed by atoms with Crippen molar-refractivity contribution >= 4 is 5.95 Å². The summed E-state index contributed by atoms with van der Waals surface area (Å²) >= 11 is 0. The predicted molar refractivity (Wildman–Crippen MR) is 57.6 cm³/mol. The van der Waals surface area contributed by atoms with Crippen LogP contribution in [0.25, 0.3) is 0 Å². The molecular weight excluding hydrogens is 228 g/mol. The van der Waals surface area contributed by atoms with Crippen molar-refractivity contribution in [1.29, 1.82) is 0 Å². The number of benzene rings is 1. The Morgan fingerprint density at radius 3 is 2.53 bits per heavy atom. The maximum absolute atomic E-state index is 12.9. The third-order valence-electron chi connectivity index (χ3n) is 1.96. The second-order valence-electron chi connectivity index (χ2n) is 3.38. The van der Waals surface area contributed by atoms with Gasteiger partial charge in [-0.3, -0.25) is 0 Å². The van der Waals surface area contributed by atoms with Crippen LogP contribution in [0.4, 0.5) is 14.7 Å². The Balaban J connectivity index is 2.28. The maximum Gasteiger partial charge on any atom is 0.224 e. The standard InChI is InChI=1S/C11H9F2N3O/c1-6-4-10(16-11(14)15-6)17-7-2-3-8(12)9(13)5-7/h2-5H,1H3,(H2,14,15,16). The van der Waals surface area contributed by atoms with E-state index in [1.807, 2.05) is 0 Å². The lowest BCUT2D eigenvalue weighted by atomic mass is 10.3. The zero-order chi connectivity index (χ0) is 12.4. The van der Waals surface area contributed by atoms with Gasteiger partial charge in [-0.2, -0.15) is 4.98 Å². The summed E-state index contributed by atoms with van der Waals surface area (Å²) in [7, 11) is 0. The van der Waals surface area contributed by atoms with E-state index in [0.717, 1.165) is 12.1 Å². The van der Waals surface area contributed by atoms with Crippen molar-refractivity contribution in [2.45, 2.75) is 6.92 Å². The molecular formula is C11H9F2N3O. The first-order chi connectivity index (χ1) is 8.04. The quantitative estimate of drug-likeness (QED) is 0.871. The van der Waals surface area contributed by atoms with E-state index in [2.05, 4.69) is 9.97 Å². The van der Waals surface area contributed by atoms with Crippen LogP contribution >= 0.6 is 0 Å². The summed E-state index contributed by atoms with van der Waals surface area (Å²) in [6.45, 7) is 1.72. The van der Waals surface area contributed by atoms with Crippen molar-refractivity contribution < 1.29 is 13.5 Å². The number of hydrogen-bond donors (Lipinski definition) is 1. The molecule has 6 heteroatoms. The van der Waals surface area contributed by atoms with Crippen LogP contribution < -0.4 is 10.5 Å². The molecule has 1 aromatic heterocycles. The number of nitrogens with zero attached hydrogens (tertiary/aromatic N) is 2. The summed E-state index contributed by atoms with van der Waals surface area (Å²) in [5, 5.41) is 0. The van der Waals surface area contributed by atoms with Crippen molar-refractivity contribution in [3.05, 3.63) is 41.6 Å². The number of nitrogen functional groups attached to an aromatic ring is 1. The molecule has 4 nitrogen and oxygen atoms in total. The number of rotatable bonds is 2. The normalized spacial score (nSPS) is 10.3. The Kier molecular flexibility index (Phi) is 2.86. The van der Waals surface area contributed by atoms with E-state index in [4.69, 9.17) is 10.5 Å². The van der Waals surface area contributed by atoms with Gasteiger partial charge in [0.25, 0.3) is 0 Å². The molecule has 0 aliphatic rings. The highest BCUT2D eigenvalue weighted by Crippen LogP contribution is 2.22. The smallest absolute Gasteiger partial charge is 0.224 e. The van der Waals surface area contributed by atoms with Gasteiger partial charge in [-0.25, -0.2) is 13.8 Å². The molecule has 0 unspecified atom stereocenters. The van der Waals surface area contributed by atoms with Gasteiger partial charge in [0, 0.05) is 17.8 Å². The molecule has 0 fully saturated rings. The molecule has 88 valence electrons. The second kappa shape index (κ2) is 4.32. The maximum atomic E-state index is 12.9. The number of anilines is 1. The van der Waals surface area contributed by atoms with E-state index in [9.17, 15) is 8.78 Å². The molecule has 0 saturated carbocycles. The van der Waals surface area contributed by atoms with Gasteiger partial charge < -0.3 is 10.5 Å². The average molecular weight is 237 g/mol. The molecule has 0 amide bonds. The van der Waals surface area contributed by atoms with Crippen molar-refractivity contribution in [1.82, 2.24) is 9.97 Å². The molecule has 0 atom stereocenters. The van der Waals surface area contributed by atoms with Gasteiger partial charge in [-0.15, -0.1) is 0 Å². The van der Waals surface area contributed by atoms with Crippen LogP contribution in [0.5, 0.6) is 11.6 Å². The fourth-order valence-corrected chi connectivity index (χ4v) is 1.28. The summed E-state index contributed by atoms with van der Waals surface area (Å²) < 4.78 is 30.9. The van der Waals surface area contributed by atoms with Gasteiger partial charge in [0.1, 0.15) is 5.75 Å². The Labute approximate surface area is 96.1 Å². The number of ether oxygens (including phenoxy) is 1. The number of aryl methyl sites for hydroxylation is 1. The van der Waals surface area contributed by atoms with E-state index in [1.165, 1.54) is 12.1 Å². The molecule has 2 N–H and O–H groups in total. The minimum atomic E-state index is -0.985. The van der Waals surface area contributed by atoms with Gasteiger partial charge in [-0.1, -0.05) is 0 Å². The number of hydrogen-bond acceptors (Lipinski definition) is 4. The first kappa shape index (κ1) is 11.3. The largest absolute Gasteiger partial charge is 0.439 e. The van der Waals surface area contributed by atoms with Crippen LogP contribution in [-0.2, 0) is 0 Å². The highest BCUT2D eigenvalue weighted by molar-refractivity contribution is 5.31. The fourth-order valence-electron chi connectivity index (χ4n) is 1.28. The summed E-state index contributed by atoms with van der Waals surface area (Å²) in [5.74, 6) is -1.54. The molecule has 0 aliphatic heterocycles. The molecule has 0 spiro atoms. The third kappa shape index (κ3) is 2.66. The van der Waals surface area contributed by atoms with E-state index < -0.39 is 11.6 Å². The number of aromatic nitrogens is 2. The Bertz CT molecular complexity index is 540. The van der Waals surface area contributed by atoms with Crippen LogP contribution in [0, 0.1) is 18.6 Å². The van der Waals surface area contributed by atoms with E-state index in [0.29, 0.717) is 5.69 Å². The summed E-state index contributed by atoms with van der Waals surface area (Å²) in [6.07, 6.45) is 0. The summed E-state index contributed by atoms with van der Waals surface area (Å²) in [4.78, 5) is 7.67. The van der Waals surface area contributed by atoms with Crippen molar-refractivity contribution in [2.75, 3.05) is 5.73 Å². The molecule has 1 aromatic carbocycles. The minimum Gasteiger partial charge on any atom is -0.439 e. The molecule has 0 saturated heterocycles. The molecule has 0 bridgehead atoms. The van der Waals surface area contributed by atoms with Gasteiger partial charge in [0.15, 0.2) is 11.6 Å². The topological polar surface area (TPSA) is 61.0 Å². The van der Waals surface area contributed by atoms with Gasteiger partial charge in [0.05, 0.1) is 0 Å². The molecule has 2 rings (SSSR count). The lowest BCUT2D eigenvalue weighted by molar-refractivity contribution is 0.447. The summed E-state index contributed by atoms with van der Waals surface area (Å²) in [6, 6.07) is 4.74. The minimum absolute atomic E-state index is 0.0579. The molecule has 2 aromatic rings. The van der Waals surface area contributed by atoms with E-state index in [-0.39, 0.29) is 17.6 Å². The lowest BCUT2D eigenvalue weighted by Gasteiger charge is -2.06. The average Bonchev–Trinajstić information content (AvgIpc) is 2.22. The Morgan fingerprint density at radius 1 is 1.12 bits per heavy atom. The van der Waals surface area contributed by atoms with Crippen LogP contribution in [0.2, 0.25) is 0 Å². The van der Waals surface area contributed by atoms with Crippen LogP contribution in [0.15, 0.2) is 24.3 Å². The first-order valence-corrected chi connectivity index (χ1v) is 4.78. The Hall–Kier alpha value is -2.24. The van der Waals surface area contributed by atoms with Gasteiger partial charge in [0.2, 0.25) is 11.8 Å². The highest BCUT2D eigenvalue weighted by Gasteiger charge is 2.06. The highest BCUT2D eigenvalue weighted by atomic mass is 19.2. The SMILES string of the molecule is Cc1cc(Oc2ccc(F)c(F)c2)nc(N)n1. The van der Waals surface area contributed by atoms with Crippen LogP contribution in [0.1, 0.15) is 5.69 Å². The lowest BCUT2D eigenvalue weighted by Crippen LogP contribution is -1.99. The fraction of sp³-hybridized carbons (Fsp3) is 0.0909. The number of nitrogens with two attached hydrogens (primary N) is 1. The van der Waals surface area contributed by atoms with E-state index >= 15 is 0 Å². The molecule has 1 heterocycles. The molecule has 0 radical (unpaired) electrons. The zero-order valence-electron chi connectivity index (χ0n) is 8.95. The van der Waals surface area contributed by atoms with Crippen molar-refractivity contribution in [3.8, 4) is 11.6 Å². The van der Waals surface area contributed by atoms with Crippen molar-refractivity contribution in [2.24, 2.45) is 0 Å². The Morgan fingerprint density at radius 2 is 1.88 bits per heavy atom. The van der Waals surface area contributed by atoms with Crippen LogP contribution in [0.3, 0.4) is 0 Å². The molecule has 17 heavy (non-hydrogen) atoms. The first-order valence-electron chi connectivity index (χ1n) is 4.78. The van der Waals surface area contributed by atoms with Crippen LogP contribution in [-0.4, -0.2) is 9.97 Å². The molecule has 0 aliphatic carbocycles. The number of halogens is 2. The predicted octanol–water partition coefficient (Wildman–Crippen LogP) is 2.44. The monoisotopic (exact) mass is 237 g/mol. The third-order valence-corrected chi connectivity index (χ3v) is 1.96. The van der Waals surface area contributed by atoms with Gasteiger partial charge >= 0.3 is 0 Å². The van der Waals surface area contributed by atoms with Crippen molar-refractivity contribution in [3.63, 3.8) is 0 Å². The van der Waals surface area contributed by atoms with Gasteiger partial charge in [-0.05, 0) is 19.1 Å².